The van der Waals surface area contributed by atoms with Crippen LogP contribution >= 0.6 is 0 Å². The Hall–Kier alpha value is -3.12. The van der Waals surface area contributed by atoms with Crippen molar-refractivity contribution in [3.05, 3.63) is 77.0 Å². The molecule has 0 fully saturated rings. The van der Waals surface area contributed by atoms with Crippen LogP contribution in [0.5, 0.6) is 5.75 Å². The van der Waals surface area contributed by atoms with E-state index in [2.05, 4.69) is 44.7 Å². The fourth-order valence-electron chi connectivity index (χ4n) is 3.41. The van der Waals surface area contributed by atoms with Gasteiger partial charge in [-0.05, 0) is 24.1 Å². The first-order chi connectivity index (χ1) is 13.2. The number of anilines is 1. The monoisotopic (exact) mass is 362 g/mol. The zero-order valence-electron chi connectivity index (χ0n) is 15.2. The minimum Gasteiger partial charge on any atom is -0.496 e. The number of nitrogens with zero attached hydrogens (tertiary/aromatic N) is 2. The number of benzene rings is 2. The van der Waals surface area contributed by atoms with Crippen molar-refractivity contribution in [3.63, 3.8) is 0 Å². The van der Waals surface area contributed by atoms with E-state index in [1.165, 1.54) is 5.56 Å². The van der Waals surface area contributed by atoms with Crippen molar-refractivity contribution in [2.75, 3.05) is 19.0 Å². The van der Waals surface area contributed by atoms with Gasteiger partial charge in [0.25, 0.3) is 5.91 Å². The van der Waals surface area contributed by atoms with Gasteiger partial charge in [-0.15, -0.1) is 0 Å². The van der Waals surface area contributed by atoms with Crippen LogP contribution in [0.3, 0.4) is 0 Å². The molecular formula is C21H22N4O2. The third-order valence-corrected chi connectivity index (χ3v) is 4.86. The number of carbonyl (C=O) groups is 1. The summed E-state index contributed by atoms with van der Waals surface area (Å²) >= 11 is 0. The van der Waals surface area contributed by atoms with Gasteiger partial charge in [0.15, 0.2) is 5.82 Å². The van der Waals surface area contributed by atoms with Crippen molar-refractivity contribution >= 4 is 11.7 Å². The zero-order valence-corrected chi connectivity index (χ0v) is 15.2. The fourth-order valence-corrected chi connectivity index (χ4v) is 3.41. The summed E-state index contributed by atoms with van der Waals surface area (Å²) in [5.74, 6) is 0.930. The maximum Gasteiger partial charge on any atom is 0.260 e. The molecule has 2 aromatic carbocycles. The van der Waals surface area contributed by atoms with Crippen LogP contribution in [0, 0.1) is 0 Å². The van der Waals surface area contributed by atoms with Crippen LogP contribution in [0.1, 0.15) is 27.2 Å². The fraction of sp³-hybridized carbons (Fsp3) is 0.238. The number of para-hydroxylation sites is 1. The topological polar surface area (TPSA) is 70.2 Å². The van der Waals surface area contributed by atoms with Crippen molar-refractivity contribution in [2.24, 2.45) is 0 Å². The van der Waals surface area contributed by atoms with Crippen molar-refractivity contribution in [2.45, 2.75) is 19.5 Å². The summed E-state index contributed by atoms with van der Waals surface area (Å²) in [7, 11) is 1.56. The second-order valence-corrected chi connectivity index (χ2v) is 6.63. The van der Waals surface area contributed by atoms with E-state index >= 15 is 0 Å². The molecular weight excluding hydrogens is 340 g/mol. The van der Waals surface area contributed by atoms with Gasteiger partial charge in [0.05, 0.1) is 18.4 Å². The van der Waals surface area contributed by atoms with Gasteiger partial charge in [-0.3, -0.25) is 14.8 Å². The van der Waals surface area contributed by atoms with E-state index in [1.807, 2.05) is 18.2 Å². The molecule has 0 unspecified atom stereocenters. The molecule has 0 radical (unpaired) electrons. The number of aromatic nitrogens is 2. The van der Waals surface area contributed by atoms with Gasteiger partial charge in [0.2, 0.25) is 0 Å². The van der Waals surface area contributed by atoms with E-state index in [4.69, 9.17) is 4.74 Å². The smallest absolute Gasteiger partial charge is 0.260 e. The molecule has 0 bridgehead atoms. The average Bonchev–Trinajstić information content (AvgIpc) is 3.28. The molecule has 2 N–H and O–H groups in total. The minimum atomic E-state index is -0.218. The molecule has 1 aromatic heterocycles. The Morgan fingerprint density at radius 2 is 1.93 bits per heavy atom. The molecule has 6 heteroatoms. The summed E-state index contributed by atoms with van der Waals surface area (Å²) in [6.45, 7) is 2.56. The molecule has 0 aliphatic carbocycles. The molecule has 0 saturated carbocycles. The number of H-pyrrole nitrogens is 1. The highest BCUT2D eigenvalue weighted by Crippen LogP contribution is 2.28. The number of nitrogens with one attached hydrogen (secondary N) is 2. The number of carbonyl (C=O) groups excluding carboxylic acids is 1. The maximum absolute atomic E-state index is 12.6. The highest BCUT2D eigenvalue weighted by Gasteiger charge is 2.26. The Morgan fingerprint density at radius 1 is 1.15 bits per heavy atom. The van der Waals surface area contributed by atoms with Gasteiger partial charge in [-0.2, -0.15) is 5.10 Å². The molecule has 1 aliphatic heterocycles. The predicted octanol–water partition coefficient (Wildman–Crippen LogP) is 3.23. The number of methoxy groups -OCH3 is 1. The minimum absolute atomic E-state index is 0.218. The quantitative estimate of drug-likeness (QED) is 0.706. The summed E-state index contributed by atoms with van der Waals surface area (Å²) in [6.07, 6.45) is 1.00. The first kappa shape index (κ1) is 17.3. The van der Waals surface area contributed by atoms with Crippen molar-refractivity contribution in [1.82, 2.24) is 15.1 Å². The number of ether oxygens (including phenoxy) is 1. The number of fused-ring (bicyclic) bond motifs is 1. The molecule has 1 aliphatic rings. The normalized spacial score (nSPS) is 13.4. The predicted molar refractivity (Wildman–Crippen MR) is 104 cm³/mol. The average molecular weight is 362 g/mol. The summed E-state index contributed by atoms with van der Waals surface area (Å²) in [5, 5.41) is 10.3. The molecule has 0 spiro atoms. The van der Waals surface area contributed by atoms with Crippen LogP contribution in [0.15, 0.2) is 54.6 Å². The van der Waals surface area contributed by atoms with Crippen molar-refractivity contribution in [3.8, 4) is 5.75 Å². The second-order valence-electron chi connectivity index (χ2n) is 6.63. The lowest BCUT2D eigenvalue weighted by atomic mass is 10.1. The SMILES string of the molecule is COc1ccccc1C(=O)Nc1n[nH]c2c1CN(CCc1ccccc1)C2. The lowest BCUT2D eigenvalue weighted by Gasteiger charge is -2.15. The van der Waals surface area contributed by atoms with Crippen LogP contribution in [0.2, 0.25) is 0 Å². The van der Waals surface area contributed by atoms with Crippen molar-refractivity contribution in [1.29, 1.82) is 0 Å². The van der Waals surface area contributed by atoms with Gasteiger partial charge >= 0.3 is 0 Å². The van der Waals surface area contributed by atoms with Gasteiger partial charge in [0, 0.05) is 25.2 Å². The molecule has 1 amide bonds. The Labute approximate surface area is 158 Å². The molecule has 138 valence electrons. The summed E-state index contributed by atoms with van der Waals surface area (Å²) < 4.78 is 5.27. The Balaban J connectivity index is 1.41. The van der Waals surface area contributed by atoms with Gasteiger partial charge in [-0.25, -0.2) is 0 Å². The number of amides is 1. The molecule has 0 atom stereocenters. The van der Waals surface area contributed by atoms with Crippen LogP contribution in [-0.4, -0.2) is 34.7 Å². The standard InChI is InChI=1S/C21H22N4O2/c1-27-19-10-6-5-9-16(19)21(26)22-20-17-13-25(14-18(17)23-24-20)12-11-15-7-3-2-4-8-15/h2-10H,11-14H2,1H3,(H2,22,23,24,26). The molecule has 4 rings (SSSR count). The van der Waals surface area contributed by atoms with Crippen molar-refractivity contribution < 1.29 is 9.53 Å². The van der Waals surface area contributed by atoms with Crippen LogP contribution in [0.4, 0.5) is 5.82 Å². The summed E-state index contributed by atoms with van der Waals surface area (Å²) in [4.78, 5) is 15.0. The highest BCUT2D eigenvalue weighted by atomic mass is 16.5. The lowest BCUT2D eigenvalue weighted by molar-refractivity contribution is 0.102. The molecule has 2 heterocycles. The summed E-state index contributed by atoms with van der Waals surface area (Å²) in [6, 6.07) is 17.6. The largest absolute Gasteiger partial charge is 0.496 e. The van der Waals surface area contributed by atoms with E-state index in [9.17, 15) is 4.79 Å². The van der Waals surface area contributed by atoms with E-state index in [0.29, 0.717) is 17.1 Å². The van der Waals surface area contributed by atoms with Crippen LogP contribution in [-0.2, 0) is 19.5 Å². The zero-order chi connectivity index (χ0) is 18.6. The Bertz CT molecular complexity index is 936. The molecule has 27 heavy (non-hydrogen) atoms. The molecule has 3 aromatic rings. The van der Waals surface area contributed by atoms with E-state index in [-0.39, 0.29) is 5.91 Å². The van der Waals surface area contributed by atoms with E-state index < -0.39 is 0 Å². The first-order valence-electron chi connectivity index (χ1n) is 9.01. The van der Waals surface area contributed by atoms with E-state index in [0.717, 1.165) is 37.3 Å². The highest BCUT2D eigenvalue weighted by molar-refractivity contribution is 6.06. The van der Waals surface area contributed by atoms with Gasteiger partial charge in [-0.1, -0.05) is 42.5 Å². The molecule has 0 saturated heterocycles. The Kier molecular flexibility index (Phi) is 4.89. The van der Waals surface area contributed by atoms with E-state index in [1.54, 1.807) is 19.2 Å². The van der Waals surface area contributed by atoms with Gasteiger partial charge < -0.3 is 10.1 Å². The first-order valence-corrected chi connectivity index (χ1v) is 9.01. The number of rotatable bonds is 6. The number of hydrogen-bond donors (Lipinski definition) is 2. The second kappa shape index (κ2) is 7.63. The van der Waals surface area contributed by atoms with Crippen LogP contribution in [0.25, 0.3) is 0 Å². The number of aromatic amines is 1. The van der Waals surface area contributed by atoms with Gasteiger partial charge in [0.1, 0.15) is 5.75 Å². The summed E-state index contributed by atoms with van der Waals surface area (Å²) in [5.41, 5.74) is 3.95. The lowest BCUT2D eigenvalue weighted by Crippen LogP contribution is -2.21. The maximum atomic E-state index is 12.6. The Morgan fingerprint density at radius 3 is 2.74 bits per heavy atom. The third-order valence-electron chi connectivity index (χ3n) is 4.86. The molecule has 6 nitrogen and oxygen atoms in total. The third kappa shape index (κ3) is 3.71. The number of hydrogen-bond acceptors (Lipinski definition) is 4. The van der Waals surface area contributed by atoms with Crippen LogP contribution < -0.4 is 10.1 Å².